The lowest BCUT2D eigenvalue weighted by Gasteiger charge is -2.24. The zero-order valence-electron chi connectivity index (χ0n) is 12.3. The number of H-pyrrole nitrogens is 2. The van der Waals surface area contributed by atoms with Crippen molar-refractivity contribution in [2.45, 2.75) is 25.3 Å². The van der Waals surface area contributed by atoms with Gasteiger partial charge < -0.3 is 10.3 Å². The first kappa shape index (κ1) is 13.7. The maximum absolute atomic E-state index is 12.4. The van der Waals surface area contributed by atoms with Crippen LogP contribution in [0.1, 0.15) is 28.0 Å². The van der Waals surface area contributed by atoms with Crippen LogP contribution in [0.25, 0.3) is 11.0 Å². The van der Waals surface area contributed by atoms with Crippen molar-refractivity contribution < 1.29 is 4.79 Å². The molecule has 0 radical (unpaired) electrons. The number of aromatic amines is 2. The van der Waals surface area contributed by atoms with E-state index in [1.54, 1.807) is 24.5 Å². The molecule has 0 spiro atoms. The van der Waals surface area contributed by atoms with Gasteiger partial charge in [0.2, 0.25) is 0 Å². The lowest BCUT2D eigenvalue weighted by molar-refractivity contribution is 0.0933. The molecule has 1 atom stereocenters. The third-order valence-corrected chi connectivity index (χ3v) is 4.19. The molecule has 2 aromatic heterocycles. The highest BCUT2D eigenvalue weighted by molar-refractivity contribution is 5.97. The molecular formula is C16H15N5O2. The molecule has 0 aliphatic heterocycles. The number of nitrogens with zero attached hydrogens (tertiary/aromatic N) is 2. The molecule has 2 heterocycles. The molecular weight excluding hydrogens is 294 g/mol. The van der Waals surface area contributed by atoms with Gasteiger partial charge in [0.1, 0.15) is 0 Å². The van der Waals surface area contributed by atoms with Gasteiger partial charge in [0, 0.05) is 17.7 Å². The standard InChI is InChI=1S/C16H15N5O2/c22-15-7-10-5-11(2-4-12(10)20-21-15)19-16(23)9-1-3-13-14(6-9)18-8-17-13/h1,3,6-8,11H,2,4-5H2,(H,17,18)(H,19,23)(H,21,22)/t11-/m1/s1. The Bertz CT molecular complexity index is 943. The summed E-state index contributed by atoms with van der Waals surface area (Å²) in [6, 6.07) is 6.95. The number of hydrogen-bond acceptors (Lipinski definition) is 4. The summed E-state index contributed by atoms with van der Waals surface area (Å²) in [6.45, 7) is 0. The Kier molecular flexibility index (Phi) is 3.18. The maximum atomic E-state index is 12.4. The van der Waals surface area contributed by atoms with Crippen molar-refractivity contribution in [2.24, 2.45) is 0 Å². The number of nitrogens with one attached hydrogen (secondary N) is 3. The number of benzene rings is 1. The van der Waals surface area contributed by atoms with E-state index in [0.29, 0.717) is 12.0 Å². The highest BCUT2D eigenvalue weighted by Crippen LogP contribution is 2.18. The molecule has 0 fully saturated rings. The van der Waals surface area contributed by atoms with Gasteiger partial charge in [0.25, 0.3) is 11.5 Å². The van der Waals surface area contributed by atoms with E-state index in [0.717, 1.165) is 35.1 Å². The van der Waals surface area contributed by atoms with Crippen LogP contribution in [0.15, 0.2) is 35.4 Å². The Hall–Kier alpha value is -2.96. The first-order chi connectivity index (χ1) is 11.2. The molecule has 7 heteroatoms. The van der Waals surface area contributed by atoms with Gasteiger partial charge in [0.05, 0.1) is 23.1 Å². The Morgan fingerprint density at radius 3 is 3.13 bits per heavy atom. The van der Waals surface area contributed by atoms with E-state index in [4.69, 9.17) is 0 Å². The summed E-state index contributed by atoms with van der Waals surface area (Å²) in [5.74, 6) is -0.118. The van der Waals surface area contributed by atoms with Gasteiger partial charge in [-0.25, -0.2) is 10.1 Å². The third kappa shape index (κ3) is 2.61. The average Bonchev–Trinajstić information content (AvgIpc) is 3.02. The second-order valence-corrected chi connectivity index (χ2v) is 5.75. The SMILES string of the molecule is O=C(N[C@@H]1CCc2n[nH]c(=O)cc2C1)c1ccc2nc[nH]c2c1. The zero-order chi connectivity index (χ0) is 15.8. The molecule has 1 aliphatic carbocycles. The Morgan fingerprint density at radius 2 is 2.22 bits per heavy atom. The topological polar surface area (TPSA) is 104 Å². The molecule has 0 bridgehead atoms. The Balaban J connectivity index is 1.51. The van der Waals surface area contributed by atoms with Gasteiger partial charge in [-0.1, -0.05) is 0 Å². The summed E-state index contributed by atoms with van der Waals surface area (Å²) in [5.41, 5.74) is 3.88. The molecule has 7 nitrogen and oxygen atoms in total. The first-order valence-corrected chi connectivity index (χ1v) is 7.50. The van der Waals surface area contributed by atoms with Gasteiger partial charge >= 0.3 is 0 Å². The van der Waals surface area contributed by atoms with E-state index < -0.39 is 0 Å². The summed E-state index contributed by atoms with van der Waals surface area (Å²) in [5, 5.41) is 9.55. The number of aromatic nitrogens is 4. The summed E-state index contributed by atoms with van der Waals surface area (Å²) in [6.07, 6.45) is 3.79. The van der Waals surface area contributed by atoms with Gasteiger partial charge in [-0.15, -0.1) is 0 Å². The molecule has 3 aromatic rings. The van der Waals surface area contributed by atoms with Gasteiger partial charge in [-0.05, 0) is 43.0 Å². The lowest BCUT2D eigenvalue weighted by atomic mass is 9.92. The van der Waals surface area contributed by atoms with E-state index in [2.05, 4.69) is 25.5 Å². The van der Waals surface area contributed by atoms with Crippen LogP contribution in [0.3, 0.4) is 0 Å². The Morgan fingerprint density at radius 1 is 1.30 bits per heavy atom. The van der Waals surface area contributed by atoms with Crippen LogP contribution in [0, 0.1) is 0 Å². The Labute approximate surface area is 131 Å². The molecule has 1 aromatic carbocycles. The van der Waals surface area contributed by atoms with Crippen molar-refractivity contribution in [3.05, 3.63) is 57.8 Å². The molecule has 1 aliphatic rings. The summed E-state index contributed by atoms with van der Waals surface area (Å²) < 4.78 is 0. The summed E-state index contributed by atoms with van der Waals surface area (Å²) in [4.78, 5) is 30.9. The number of fused-ring (bicyclic) bond motifs is 2. The van der Waals surface area contributed by atoms with Crippen LogP contribution in [-0.2, 0) is 12.8 Å². The van der Waals surface area contributed by atoms with Crippen molar-refractivity contribution in [3.8, 4) is 0 Å². The molecule has 23 heavy (non-hydrogen) atoms. The van der Waals surface area contributed by atoms with Crippen LogP contribution in [0.2, 0.25) is 0 Å². The fourth-order valence-corrected chi connectivity index (χ4v) is 3.01. The second-order valence-electron chi connectivity index (χ2n) is 5.75. The average molecular weight is 309 g/mol. The van der Waals surface area contributed by atoms with Gasteiger partial charge in [-0.2, -0.15) is 5.10 Å². The predicted octanol–water partition coefficient (Wildman–Crippen LogP) is 0.933. The van der Waals surface area contributed by atoms with E-state index in [1.165, 1.54) is 0 Å². The number of hydrogen-bond donors (Lipinski definition) is 3. The van der Waals surface area contributed by atoms with Gasteiger partial charge in [-0.3, -0.25) is 9.59 Å². The summed E-state index contributed by atoms with van der Waals surface area (Å²) >= 11 is 0. The molecule has 4 rings (SSSR count). The zero-order valence-corrected chi connectivity index (χ0v) is 12.3. The first-order valence-electron chi connectivity index (χ1n) is 7.50. The second kappa shape index (κ2) is 5.35. The fraction of sp³-hybridized carbons (Fsp3) is 0.250. The van der Waals surface area contributed by atoms with Crippen LogP contribution in [0.5, 0.6) is 0 Å². The molecule has 0 saturated carbocycles. The van der Waals surface area contributed by atoms with Crippen molar-refractivity contribution in [1.29, 1.82) is 0 Å². The minimum atomic E-state index is -0.208. The summed E-state index contributed by atoms with van der Waals surface area (Å²) in [7, 11) is 0. The van der Waals surface area contributed by atoms with Crippen molar-refractivity contribution in [1.82, 2.24) is 25.5 Å². The number of aryl methyl sites for hydroxylation is 1. The number of rotatable bonds is 2. The van der Waals surface area contributed by atoms with Crippen molar-refractivity contribution in [2.75, 3.05) is 0 Å². The highest BCUT2D eigenvalue weighted by Gasteiger charge is 2.22. The van der Waals surface area contributed by atoms with Crippen LogP contribution >= 0.6 is 0 Å². The third-order valence-electron chi connectivity index (χ3n) is 4.19. The van der Waals surface area contributed by atoms with Crippen LogP contribution in [0.4, 0.5) is 0 Å². The van der Waals surface area contributed by atoms with Crippen LogP contribution in [-0.4, -0.2) is 32.1 Å². The number of carbonyl (C=O) groups is 1. The monoisotopic (exact) mass is 309 g/mol. The smallest absolute Gasteiger partial charge is 0.264 e. The minimum Gasteiger partial charge on any atom is -0.349 e. The van der Waals surface area contributed by atoms with Crippen molar-refractivity contribution in [3.63, 3.8) is 0 Å². The molecule has 0 saturated heterocycles. The minimum absolute atomic E-state index is 0.0102. The largest absolute Gasteiger partial charge is 0.349 e. The normalized spacial score (nSPS) is 17.0. The van der Waals surface area contributed by atoms with E-state index in [-0.39, 0.29) is 17.5 Å². The molecule has 3 N–H and O–H groups in total. The lowest BCUT2D eigenvalue weighted by Crippen LogP contribution is -2.39. The number of imidazole rings is 1. The quantitative estimate of drug-likeness (QED) is 0.655. The van der Waals surface area contributed by atoms with Gasteiger partial charge in [0.15, 0.2) is 0 Å². The van der Waals surface area contributed by atoms with E-state index in [9.17, 15) is 9.59 Å². The fourth-order valence-electron chi connectivity index (χ4n) is 3.01. The molecule has 1 amide bonds. The van der Waals surface area contributed by atoms with Crippen molar-refractivity contribution >= 4 is 16.9 Å². The van der Waals surface area contributed by atoms with E-state index in [1.807, 2.05) is 6.07 Å². The highest BCUT2D eigenvalue weighted by atomic mass is 16.1. The maximum Gasteiger partial charge on any atom is 0.264 e. The molecule has 116 valence electrons. The van der Waals surface area contributed by atoms with Crippen LogP contribution < -0.4 is 10.9 Å². The molecule has 0 unspecified atom stereocenters. The number of carbonyl (C=O) groups excluding carboxylic acids is 1. The van der Waals surface area contributed by atoms with E-state index >= 15 is 0 Å². The number of amides is 1. The predicted molar refractivity (Wildman–Crippen MR) is 84.2 cm³/mol.